The van der Waals surface area contributed by atoms with E-state index in [9.17, 15) is 18.3 Å². The number of hydrogen-bond acceptors (Lipinski definition) is 4. The summed E-state index contributed by atoms with van der Waals surface area (Å²) in [5.74, 6) is -0.483. The Balaban J connectivity index is 1.92. The Morgan fingerprint density at radius 3 is 2.46 bits per heavy atom. The molecule has 0 unspecified atom stereocenters. The van der Waals surface area contributed by atoms with E-state index in [0.717, 1.165) is 12.0 Å². The van der Waals surface area contributed by atoms with Gasteiger partial charge in [-0.2, -0.15) is 0 Å². The molecule has 6 nitrogen and oxygen atoms in total. The molecule has 3 rings (SSSR count). The van der Waals surface area contributed by atoms with E-state index in [0.29, 0.717) is 29.8 Å². The number of aryl methyl sites for hydroxylation is 1. The third-order valence-corrected chi connectivity index (χ3v) is 5.64. The standard InChI is InChI=1S/C19H21NO5S/c1-12(2)25-16-8-6-15(7-9-16)20-26(23,24)18-11-14(19(21)22)10-13-4-3-5-17(13)18/h6-12,20H,3-5H2,1-2H3,(H,21,22). The fourth-order valence-corrected chi connectivity index (χ4v) is 4.51. The van der Waals surface area contributed by atoms with Gasteiger partial charge in [-0.3, -0.25) is 4.72 Å². The van der Waals surface area contributed by atoms with Crippen molar-refractivity contribution in [2.45, 2.75) is 44.1 Å². The van der Waals surface area contributed by atoms with Crippen LogP contribution in [-0.2, 0) is 22.9 Å². The van der Waals surface area contributed by atoms with E-state index < -0.39 is 16.0 Å². The van der Waals surface area contributed by atoms with Crippen LogP contribution in [0.3, 0.4) is 0 Å². The summed E-state index contributed by atoms with van der Waals surface area (Å²) in [7, 11) is -3.88. The number of carboxylic acids is 1. The molecule has 2 aromatic rings. The van der Waals surface area contributed by atoms with Crippen LogP contribution in [-0.4, -0.2) is 25.6 Å². The van der Waals surface area contributed by atoms with Crippen molar-refractivity contribution < 1.29 is 23.1 Å². The molecule has 7 heteroatoms. The molecule has 0 aliphatic heterocycles. The monoisotopic (exact) mass is 375 g/mol. The fourth-order valence-electron chi connectivity index (χ4n) is 3.11. The molecule has 0 spiro atoms. The summed E-state index contributed by atoms with van der Waals surface area (Å²) < 4.78 is 33.8. The first-order valence-electron chi connectivity index (χ1n) is 8.45. The lowest BCUT2D eigenvalue weighted by molar-refractivity contribution is 0.0696. The molecule has 0 aromatic heterocycles. The lowest BCUT2D eigenvalue weighted by Gasteiger charge is -2.14. The number of rotatable bonds is 6. The summed E-state index contributed by atoms with van der Waals surface area (Å²) in [5.41, 5.74) is 1.90. The highest BCUT2D eigenvalue weighted by Crippen LogP contribution is 2.31. The fraction of sp³-hybridized carbons (Fsp3) is 0.316. The third kappa shape index (κ3) is 3.83. The van der Waals surface area contributed by atoms with Gasteiger partial charge in [-0.15, -0.1) is 0 Å². The van der Waals surface area contributed by atoms with Crippen molar-refractivity contribution >= 4 is 21.7 Å². The van der Waals surface area contributed by atoms with Crippen molar-refractivity contribution in [2.24, 2.45) is 0 Å². The second-order valence-corrected chi connectivity index (χ2v) is 8.22. The van der Waals surface area contributed by atoms with Crippen molar-refractivity contribution in [1.82, 2.24) is 0 Å². The highest BCUT2D eigenvalue weighted by atomic mass is 32.2. The summed E-state index contributed by atoms with van der Waals surface area (Å²) >= 11 is 0. The Morgan fingerprint density at radius 1 is 1.15 bits per heavy atom. The number of nitrogens with one attached hydrogen (secondary N) is 1. The first-order chi connectivity index (χ1) is 12.3. The number of sulfonamides is 1. The first kappa shape index (κ1) is 18.3. The van der Waals surface area contributed by atoms with E-state index in [1.165, 1.54) is 6.07 Å². The maximum atomic E-state index is 12.9. The van der Waals surface area contributed by atoms with Crippen molar-refractivity contribution in [3.63, 3.8) is 0 Å². The number of carbonyl (C=O) groups is 1. The number of anilines is 1. The van der Waals surface area contributed by atoms with Crippen molar-refractivity contribution in [3.05, 3.63) is 53.1 Å². The van der Waals surface area contributed by atoms with Crippen LogP contribution in [0.1, 0.15) is 41.8 Å². The number of benzene rings is 2. The van der Waals surface area contributed by atoms with E-state index in [1.54, 1.807) is 30.3 Å². The van der Waals surface area contributed by atoms with Gasteiger partial charge in [-0.05, 0) is 80.6 Å². The Labute approximate surface area is 152 Å². The minimum Gasteiger partial charge on any atom is -0.491 e. The van der Waals surface area contributed by atoms with E-state index in [2.05, 4.69) is 4.72 Å². The van der Waals surface area contributed by atoms with Crippen molar-refractivity contribution in [3.8, 4) is 5.75 Å². The highest BCUT2D eigenvalue weighted by molar-refractivity contribution is 7.92. The SMILES string of the molecule is CC(C)Oc1ccc(NS(=O)(=O)c2cc(C(=O)O)cc3c2CCC3)cc1. The Hall–Kier alpha value is -2.54. The zero-order valence-electron chi connectivity index (χ0n) is 14.7. The lowest BCUT2D eigenvalue weighted by atomic mass is 10.1. The lowest BCUT2D eigenvalue weighted by Crippen LogP contribution is -2.16. The van der Waals surface area contributed by atoms with Gasteiger partial charge in [0.15, 0.2) is 0 Å². The van der Waals surface area contributed by atoms with Crippen molar-refractivity contribution in [2.75, 3.05) is 4.72 Å². The number of hydrogen-bond donors (Lipinski definition) is 2. The topological polar surface area (TPSA) is 92.7 Å². The molecule has 1 aliphatic rings. The smallest absolute Gasteiger partial charge is 0.335 e. The molecule has 0 amide bonds. The number of fused-ring (bicyclic) bond motifs is 1. The third-order valence-electron chi connectivity index (χ3n) is 4.19. The second-order valence-electron chi connectivity index (χ2n) is 6.57. The molecule has 0 radical (unpaired) electrons. The molecule has 0 saturated heterocycles. The average molecular weight is 375 g/mol. The molecule has 2 aromatic carbocycles. The van der Waals surface area contributed by atoms with Crippen LogP contribution in [0.25, 0.3) is 0 Å². The predicted octanol–water partition coefficient (Wildman–Crippen LogP) is 3.46. The van der Waals surface area contributed by atoms with E-state index >= 15 is 0 Å². The summed E-state index contributed by atoms with van der Waals surface area (Å²) in [4.78, 5) is 11.4. The number of aromatic carboxylic acids is 1. The van der Waals surface area contributed by atoms with Crippen LogP contribution in [0.4, 0.5) is 5.69 Å². The zero-order valence-corrected chi connectivity index (χ0v) is 15.5. The van der Waals surface area contributed by atoms with Gasteiger partial charge in [0.05, 0.1) is 16.6 Å². The van der Waals surface area contributed by atoms with Gasteiger partial charge in [0, 0.05) is 5.69 Å². The Bertz CT molecular complexity index is 933. The number of carboxylic acid groups (broad SMARTS) is 1. The quantitative estimate of drug-likeness (QED) is 0.806. The van der Waals surface area contributed by atoms with Crippen LogP contribution in [0.2, 0.25) is 0 Å². The van der Waals surface area contributed by atoms with Gasteiger partial charge in [0.2, 0.25) is 0 Å². The van der Waals surface area contributed by atoms with Crippen LogP contribution < -0.4 is 9.46 Å². The summed E-state index contributed by atoms with van der Waals surface area (Å²) in [6.45, 7) is 3.82. The van der Waals surface area contributed by atoms with Crippen molar-refractivity contribution in [1.29, 1.82) is 0 Å². The number of ether oxygens (including phenoxy) is 1. The summed E-state index contributed by atoms with van der Waals surface area (Å²) in [6, 6.07) is 9.44. The maximum absolute atomic E-state index is 12.9. The molecule has 138 valence electrons. The minimum absolute atomic E-state index is 0.00768. The largest absolute Gasteiger partial charge is 0.491 e. The van der Waals surface area contributed by atoms with E-state index in [-0.39, 0.29) is 16.6 Å². The normalized spacial score (nSPS) is 13.5. The molecular formula is C19H21NO5S. The molecular weight excluding hydrogens is 354 g/mol. The van der Waals surface area contributed by atoms with Gasteiger partial charge < -0.3 is 9.84 Å². The van der Waals surface area contributed by atoms with Gasteiger partial charge in [-0.1, -0.05) is 0 Å². The first-order valence-corrected chi connectivity index (χ1v) is 9.93. The zero-order chi connectivity index (χ0) is 18.9. The molecule has 0 bridgehead atoms. The van der Waals surface area contributed by atoms with E-state index in [4.69, 9.17) is 4.74 Å². The van der Waals surface area contributed by atoms with Gasteiger partial charge >= 0.3 is 5.97 Å². The van der Waals surface area contributed by atoms with Gasteiger partial charge in [0.25, 0.3) is 10.0 Å². The molecule has 1 aliphatic carbocycles. The Morgan fingerprint density at radius 2 is 1.85 bits per heavy atom. The minimum atomic E-state index is -3.88. The molecule has 26 heavy (non-hydrogen) atoms. The van der Waals surface area contributed by atoms with Gasteiger partial charge in [0.1, 0.15) is 5.75 Å². The summed E-state index contributed by atoms with van der Waals surface area (Å²) in [6.07, 6.45) is 2.17. The van der Waals surface area contributed by atoms with Crippen LogP contribution in [0, 0.1) is 0 Å². The maximum Gasteiger partial charge on any atom is 0.335 e. The van der Waals surface area contributed by atoms with Crippen LogP contribution in [0.5, 0.6) is 5.75 Å². The molecule has 2 N–H and O–H groups in total. The van der Waals surface area contributed by atoms with E-state index in [1.807, 2.05) is 13.8 Å². The highest BCUT2D eigenvalue weighted by Gasteiger charge is 2.26. The average Bonchev–Trinajstić information content (AvgIpc) is 3.03. The van der Waals surface area contributed by atoms with Crippen LogP contribution in [0.15, 0.2) is 41.3 Å². The molecule has 0 atom stereocenters. The van der Waals surface area contributed by atoms with Gasteiger partial charge in [-0.25, -0.2) is 13.2 Å². The summed E-state index contributed by atoms with van der Waals surface area (Å²) in [5, 5.41) is 9.27. The predicted molar refractivity (Wildman–Crippen MR) is 98.4 cm³/mol. The van der Waals surface area contributed by atoms with Crippen LogP contribution >= 0.6 is 0 Å². The molecule has 0 fully saturated rings. The Kier molecular flexibility index (Phi) is 4.91. The molecule has 0 heterocycles. The molecule has 0 saturated carbocycles. The second kappa shape index (κ2) is 6.99.